The number of ketones is 1. The maximum Gasteiger partial charge on any atom is 0.217 e. The number of hydrogen-bond acceptors (Lipinski definition) is 3. The number of nitrogens with zero attached hydrogens (tertiary/aromatic N) is 1. The molecule has 1 aliphatic rings. The van der Waals surface area contributed by atoms with E-state index in [0.29, 0.717) is 17.9 Å². The maximum atomic E-state index is 11.6. The Bertz CT molecular complexity index is 330. The monoisotopic (exact) mass is 253 g/mol. The van der Waals surface area contributed by atoms with E-state index in [1.165, 1.54) is 26.2 Å². The second-order valence-electron chi connectivity index (χ2n) is 5.20. The van der Waals surface area contributed by atoms with Crippen molar-refractivity contribution in [2.24, 2.45) is 5.92 Å². The van der Waals surface area contributed by atoms with Gasteiger partial charge in [0.25, 0.3) is 0 Å². The van der Waals surface area contributed by atoms with Gasteiger partial charge in [-0.15, -0.1) is 0 Å². The molecule has 0 aromatic carbocycles. The molecular weight excluding hydrogens is 230 g/mol. The molecule has 1 unspecified atom stereocenters. The normalized spacial score (nSPS) is 19.6. The Morgan fingerprint density at radius 2 is 2.00 bits per heavy atom. The molecule has 0 aliphatic heterocycles. The summed E-state index contributed by atoms with van der Waals surface area (Å²) in [5.74, 6) is 0.433. The van der Waals surface area contributed by atoms with Gasteiger partial charge in [-0.1, -0.05) is 32.3 Å². The fourth-order valence-corrected chi connectivity index (χ4v) is 2.54. The van der Waals surface area contributed by atoms with Crippen LogP contribution in [0.2, 0.25) is 0 Å². The van der Waals surface area contributed by atoms with Crippen LogP contribution >= 0.6 is 0 Å². The predicted octanol–water partition coefficient (Wildman–Crippen LogP) is 3.53. The van der Waals surface area contributed by atoms with E-state index in [1.54, 1.807) is 6.92 Å². The lowest BCUT2D eigenvalue weighted by Gasteiger charge is -2.19. The van der Waals surface area contributed by atoms with Gasteiger partial charge in [-0.25, -0.2) is 0 Å². The first kappa shape index (κ1) is 14.9. The minimum absolute atomic E-state index is 0.0131. The summed E-state index contributed by atoms with van der Waals surface area (Å²) in [5.41, 5.74) is 0.658. The molecule has 0 aromatic heterocycles. The van der Waals surface area contributed by atoms with E-state index in [4.69, 9.17) is 0 Å². The molecule has 0 aromatic rings. The number of hydrogen-bond donors (Lipinski definition) is 0. The van der Waals surface area contributed by atoms with Gasteiger partial charge in [0.1, 0.15) is 0 Å². The van der Waals surface area contributed by atoms with Gasteiger partial charge >= 0.3 is 0 Å². The lowest BCUT2D eigenvalue weighted by atomic mass is 9.86. The minimum Gasteiger partial charge on any atom is -0.295 e. The highest BCUT2D eigenvalue weighted by atomic mass is 16.6. The van der Waals surface area contributed by atoms with Crippen LogP contribution in [0, 0.1) is 16.0 Å². The Kier molecular flexibility index (Phi) is 6.02. The standard InChI is InChI=1S/C14H23NO3/c1-3-14(15(17)18)10-13(11(2)16)9-12-7-5-4-6-8-12/h9,12,14H,3-8,10H2,1-2H3/b13-9+. The zero-order valence-electron chi connectivity index (χ0n) is 11.4. The van der Waals surface area contributed by atoms with Crippen LogP contribution in [0.3, 0.4) is 0 Å². The summed E-state index contributed by atoms with van der Waals surface area (Å²) in [4.78, 5) is 22.2. The minimum atomic E-state index is -0.622. The van der Waals surface area contributed by atoms with E-state index in [0.717, 1.165) is 12.8 Å². The van der Waals surface area contributed by atoms with Gasteiger partial charge in [0.2, 0.25) is 6.04 Å². The van der Waals surface area contributed by atoms with Gasteiger partial charge in [-0.05, 0) is 31.3 Å². The van der Waals surface area contributed by atoms with Crippen LogP contribution in [0.4, 0.5) is 0 Å². The molecule has 0 radical (unpaired) electrons. The number of allylic oxidation sites excluding steroid dienone is 1. The summed E-state index contributed by atoms with van der Waals surface area (Å²) in [7, 11) is 0. The zero-order valence-corrected chi connectivity index (χ0v) is 11.4. The smallest absolute Gasteiger partial charge is 0.217 e. The highest BCUT2D eigenvalue weighted by Crippen LogP contribution is 2.27. The lowest BCUT2D eigenvalue weighted by Crippen LogP contribution is -2.21. The fourth-order valence-electron chi connectivity index (χ4n) is 2.54. The first-order chi connectivity index (χ1) is 8.54. The van der Waals surface area contributed by atoms with Crippen molar-refractivity contribution in [2.75, 3.05) is 0 Å². The molecule has 0 amide bonds. The summed E-state index contributed by atoms with van der Waals surface area (Å²) in [5, 5.41) is 10.8. The fraction of sp³-hybridized carbons (Fsp3) is 0.786. The molecule has 1 aliphatic carbocycles. The molecule has 1 atom stereocenters. The van der Waals surface area contributed by atoms with Gasteiger partial charge in [-0.2, -0.15) is 0 Å². The molecule has 1 saturated carbocycles. The average molecular weight is 253 g/mol. The Hall–Kier alpha value is -1.19. The largest absolute Gasteiger partial charge is 0.295 e. The summed E-state index contributed by atoms with van der Waals surface area (Å²) in [6.45, 7) is 3.31. The van der Waals surface area contributed by atoms with Gasteiger partial charge in [0.05, 0.1) is 0 Å². The second-order valence-corrected chi connectivity index (χ2v) is 5.20. The van der Waals surface area contributed by atoms with Crippen LogP contribution in [0.25, 0.3) is 0 Å². The number of Topliss-reactive ketones (excluding diaryl/α,β-unsaturated/α-hetero) is 1. The third-order valence-corrected chi connectivity index (χ3v) is 3.76. The van der Waals surface area contributed by atoms with Crippen molar-refractivity contribution < 1.29 is 9.72 Å². The number of nitro groups is 1. The Balaban J connectivity index is 2.71. The third-order valence-electron chi connectivity index (χ3n) is 3.76. The summed E-state index contributed by atoms with van der Waals surface area (Å²) < 4.78 is 0. The molecule has 1 rings (SSSR count). The maximum absolute atomic E-state index is 11.6. The molecule has 0 saturated heterocycles. The van der Waals surface area contributed by atoms with E-state index in [2.05, 4.69) is 0 Å². The SMILES string of the molecule is CCC(C/C(=C\C1CCCCC1)C(C)=O)[N+](=O)[O-]. The van der Waals surface area contributed by atoms with Crippen molar-refractivity contribution >= 4 is 5.78 Å². The summed E-state index contributed by atoms with van der Waals surface area (Å²) in [6.07, 6.45) is 8.69. The number of carbonyl (C=O) groups is 1. The van der Waals surface area contributed by atoms with Gasteiger partial charge in [0.15, 0.2) is 5.78 Å². The van der Waals surface area contributed by atoms with Crippen LogP contribution in [0.5, 0.6) is 0 Å². The quantitative estimate of drug-likeness (QED) is 0.413. The summed E-state index contributed by atoms with van der Waals surface area (Å²) in [6, 6.07) is -0.622. The number of rotatable bonds is 6. The van der Waals surface area contributed by atoms with Crippen LogP contribution in [-0.4, -0.2) is 16.7 Å². The molecular formula is C14H23NO3. The summed E-state index contributed by atoms with van der Waals surface area (Å²) >= 11 is 0. The van der Waals surface area contributed by atoms with Gasteiger partial charge < -0.3 is 0 Å². The Morgan fingerprint density at radius 3 is 2.44 bits per heavy atom. The highest BCUT2D eigenvalue weighted by Gasteiger charge is 2.22. The van der Waals surface area contributed by atoms with E-state index in [1.807, 2.05) is 6.08 Å². The molecule has 4 nitrogen and oxygen atoms in total. The van der Waals surface area contributed by atoms with E-state index in [9.17, 15) is 14.9 Å². The van der Waals surface area contributed by atoms with E-state index < -0.39 is 6.04 Å². The molecule has 0 spiro atoms. The zero-order chi connectivity index (χ0) is 13.5. The molecule has 4 heteroatoms. The van der Waals surface area contributed by atoms with Crippen molar-refractivity contribution in [3.63, 3.8) is 0 Å². The van der Waals surface area contributed by atoms with Crippen molar-refractivity contribution in [3.8, 4) is 0 Å². The van der Waals surface area contributed by atoms with Crippen molar-refractivity contribution in [2.45, 2.75) is 64.8 Å². The molecule has 1 fully saturated rings. The van der Waals surface area contributed by atoms with E-state index >= 15 is 0 Å². The van der Waals surface area contributed by atoms with Gasteiger partial charge in [0, 0.05) is 17.8 Å². The molecule has 0 heterocycles. The predicted molar refractivity (Wildman–Crippen MR) is 71.0 cm³/mol. The topological polar surface area (TPSA) is 60.2 Å². The van der Waals surface area contributed by atoms with Crippen LogP contribution < -0.4 is 0 Å². The lowest BCUT2D eigenvalue weighted by molar-refractivity contribution is -0.522. The van der Waals surface area contributed by atoms with Crippen molar-refractivity contribution in [1.29, 1.82) is 0 Å². The third kappa shape index (κ3) is 4.59. The highest BCUT2D eigenvalue weighted by molar-refractivity contribution is 5.93. The molecule has 18 heavy (non-hydrogen) atoms. The van der Waals surface area contributed by atoms with Crippen LogP contribution in [0.15, 0.2) is 11.6 Å². The van der Waals surface area contributed by atoms with Gasteiger partial charge in [-0.3, -0.25) is 14.9 Å². The Labute approximate surface area is 109 Å². The molecule has 0 bridgehead atoms. The van der Waals surface area contributed by atoms with Crippen LogP contribution in [0.1, 0.15) is 58.8 Å². The van der Waals surface area contributed by atoms with Crippen molar-refractivity contribution in [1.82, 2.24) is 0 Å². The average Bonchev–Trinajstić information content (AvgIpc) is 2.34. The molecule has 102 valence electrons. The first-order valence-corrected chi connectivity index (χ1v) is 6.89. The van der Waals surface area contributed by atoms with Crippen molar-refractivity contribution in [3.05, 3.63) is 21.8 Å². The molecule has 0 N–H and O–H groups in total. The second kappa shape index (κ2) is 7.29. The first-order valence-electron chi connectivity index (χ1n) is 6.89. The Morgan fingerprint density at radius 1 is 1.39 bits per heavy atom. The number of carbonyl (C=O) groups excluding carboxylic acids is 1. The van der Waals surface area contributed by atoms with E-state index in [-0.39, 0.29) is 17.1 Å². The van der Waals surface area contributed by atoms with Crippen LogP contribution in [-0.2, 0) is 4.79 Å².